The van der Waals surface area contributed by atoms with Crippen LogP contribution in [0.2, 0.25) is 0 Å². The van der Waals surface area contributed by atoms with Gasteiger partial charge in [-0.25, -0.2) is 0 Å². The zero-order valence-electron chi connectivity index (χ0n) is 10.7. The second-order valence-electron chi connectivity index (χ2n) is 4.46. The van der Waals surface area contributed by atoms with Crippen molar-refractivity contribution < 1.29 is 0 Å². The third-order valence-electron chi connectivity index (χ3n) is 2.98. The Morgan fingerprint density at radius 1 is 1.17 bits per heavy atom. The van der Waals surface area contributed by atoms with Gasteiger partial charge in [0.15, 0.2) is 5.43 Å². The van der Waals surface area contributed by atoms with Gasteiger partial charge >= 0.3 is 0 Å². The quantitative estimate of drug-likeness (QED) is 0.766. The normalized spacial score (nSPS) is 10.1. The summed E-state index contributed by atoms with van der Waals surface area (Å²) < 4.78 is 1.88. The molecule has 0 saturated heterocycles. The molecule has 90 valence electrons. The molecule has 2 aromatic rings. The van der Waals surface area contributed by atoms with Gasteiger partial charge in [-0.2, -0.15) is 5.26 Å². The first-order valence-corrected chi connectivity index (χ1v) is 5.74. The Morgan fingerprint density at radius 3 is 2.50 bits per heavy atom. The van der Waals surface area contributed by atoms with Crippen molar-refractivity contribution in [3.05, 3.63) is 63.1 Å². The van der Waals surface area contributed by atoms with Crippen LogP contribution < -0.4 is 5.43 Å². The SMILES string of the molecule is Cc1ccc(-n2cc(C#N)c(=O)cc2C)c(C)c1. The second-order valence-corrected chi connectivity index (χ2v) is 4.46. The molecule has 1 aromatic heterocycles. The highest BCUT2D eigenvalue weighted by molar-refractivity contribution is 5.45. The summed E-state index contributed by atoms with van der Waals surface area (Å²) in [6, 6.07) is 9.53. The zero-order chi connectivity index (χ0) is 13.3. The van der Waals surface area contributed by atoms with Gasteiger partial charge in [-0.3, -0.25) is 4.79 Å². The molecule has 0 fully saturated rings. The van der Waals surface area contributed by atoms with E-state index in [9.17, 15) is 4.79 Å². The Morgan fingerprint density at radius 2 is 1.89 bits per heavy atom. The van der Waals surface area contributed by atoms with Gasteiger partial charge in [-0.05, 0) is 32.4 Å². The largest absolute Gasteiger partial charge is 0.319 e. The number of nitrogens with zero attached hydrogens (tertiary/aromatic N) is 2. The third kappa shape index (κ3) is 2.05. The molecule has 3 nitrogen and oxygen atoms in total. The summed E-state index contributed by atoms with van der Waals surface area (Å²) >= 11 is 0. The minimum atomic E-state index is -0.226. The molecule has 0 saturated carbocycles. The molecule has 0 aliphatic rings. The van der Waals surface area contributed by atoms with Gasteiger partial charge in [0.2, 0.25) is 0 Å². The molecule has 0 spiro atoms. The molecule has 0 amide bonds. The van der Waals surface area contributed by atoms with E-state index in [1.54, 1.807) is 6.20 Å². The van der Waals surface area contributed by atoms with Crippen LogP contribution in [0.5, 0.6) is 0 Å². The van der Waals surface area contributed by atoms with Gasteiger partial charge in [-0.15, -0.1) is 0 Å². The lowest BCUT2D eigenvalue weighted by molar-refractivity contribution is 0.956. The Bertz CT molecular complexity index is 705. The van der Waals surface area contributed by atoms with Gasteiger partial charge in [0.05, 0.1) is 0 Å². The third-order valence-corrected chi connectivity index (χ3v) is 2.98. The summed E-state index contributed by atoms with van der Waals surface area (Å²) in [6.07, 6.45) is 1.61. The number of nitriles is 1. The summed E-state index contributed by atoms with van der Waals surface area (Å²) in [6.45, 7) is 5.92. The van der Waals surface area contributed by atoms with Crippen molar-refractivity contribution in [3.63, 3.8) is 0 Å². The summed E-state index contributed by atoms with van der Waals surface area (Å²) in [5.74, 6) is 0. The first-order valence-electron chi connectivity index (χ1n) is 5.74. The van der Waals surface area contributed by atoms with Crippen molar-refractivity contribution in [1.29, 1.82) is 5.26 Å². The molecule has 2 rings (SSSR count). The molecule has 0 aliphatic heterocycles. The van der Waals surface area contributed by atoms with Crippen molar-refractivity contribution in [2.45, 2.75) is 20.8 Å². The molecular formula is C15H14N2O. The van der Waals surface area contributed by atoms with Crippen molar-refractivity contribution in [1.82, 2.24) is 4.57 Å². The number of aryl methyl sites for hydroxylation is 3. The fraction of sp³-hybridized carbons (Fsp3) is 0.200. The van der Waals surface area contributed by atoms with E-state index in [0.717, 1.165) is 16.9 Å². The average molecular weight is 238 g/mol. The molecule has 1 heterocycles. The van der Waals surface area contributed by atoms with E-state index in [-0.39, 0.29) is 11.0 Å². The summed E-state index contributed by atoms with van der Waals surface area (Å²) in [5.41, 5.74) is 4.07. The number of pyridine rings is 1. The highest BCUT2D eigenvalue weighted by Gasteiger charge is 2.07. The van der Waals surface area contributed by atoms with Crippen molar-refractivity contribution in [2.75, 3.05) is 0 Å². The van der Waals surface area contributed by atoms with Gasteiger partial charge in [0, 0.05) is 23.6 Å². The lowest BCUT2D eigenvalue weighted by atomic mass is 10.1. The van der Waals surface area contributed by atoms with Crippen molar-refractivity contribution in [2.24, 2.45) is 0 Å². The van der Waals surface area contributed by atoms with E-state index in [2.05, 4.69) is 6.07 Å². The van der Waals surface area contributed by atoms with Gasteiger partial charge in [-0.1, -0.05) is 17.7 Å². The van der Waals surface area contributed by atoms with Gasteiger partial charge in [0.25, 0.3) is 0 Å². The van der Waals surface area contributed by atoms with E-state index >= 15 is 0 Å². The zero-order valence-corrected chi connectivity index (χ0v) is 10.7. The minimum Gasteiger partial charge on any atom is -0.319 e. The molecule has 0 N–H and O–H groups in total. The maximum absolute atomic E-state index is 11.6. The maximum Gasteiger partial charge on any atom is 0.199 e. The molecular weight excluding hydrogens is 224 g/mol. The topological polar surface area (TPSA) is 45.8 Å². The fourth-order valence-electron chi connectivity index (χ4n) is 2.05. The van der Waals surface area contributed by atoms with Crippen LogP contribution in [0.3, 0.4) is 0 Å². The van der Waals surface area contributed by atoms with Gasteiger partial charge in [0.1, 0.15) is 11.6 Å². The second kappa shape index (κ2) is 4.50. The van der Waals surface area contributed by atoms with E-state index in [4.69, 9.17) is 5.26 Å². The number of rotatable bonds is 1. The number of hydrogen-bond acceptors (Lipinski definition) is 2. The van der Waals surface area contributed by atoms with Crippen LogP contribution in [0.1, 0.15) is 22.4 Å². The van der Waals surface area contributed by atoms with Crippen molar-refractivity contribution >= 4 is 0 Å². The lowest BCUT2D eigenvalue weighted by Crippen LogP contribution is -2.12. The van der Waals surface area contributed by atoms with Crippen LogP contribution in [0.4, 0.5) is 0 Å². The Labute approximate surface area is 106 Å². The molecule has 0 unspecified atom stereocenters. The monoisotopic (exact) mass is 238 g/mol. The van der Waals surface area contributed by atoms with Crippen LogP contribution in [0, 0.1) is 32.1 Å². The molecule has 1 aromatic carbocycles. The molecule has 0 radical (unpaired) electrons. The molecule has 0 bridgehead atoms. The lowest BCUT2D eigenvalue weighted by Gasteiger charge is -2.14. The smallest absolute Gasteiger partial charge is 0.199 e. The molecule has 0 aliphatic carbocycles. The van der Waals surface area contributed by atoms with E-state index in [1.165, 1.54) is 11.6 Å². The molecule has 3 heteroatoms. The highest BCUT2D eigenvalue weighted by atomic mass is 16.1. The van der Waals surface area contributed by atoms with Crippen LogP contribution in [0.25, 0.3) is 5.69 Å². The average Bonchev–Trinajstić information content (AvgIpc) is 2.30. The van der Waals surface area contributed by atoms with E-state index < -0.39 is 0 Å². The number of hydrogen-bond donors (Lipinski definition) is 0. The minimum absolute atomic E-state index is 0.167. The van der Waals surface area contributed by atoms with Crippen molar-refractivity contribution in [3.8, 4) is 11.8 Å². The van der Waals surface area contributed by atoms with Crippen LogP contribution in [-0.4, -0.2) is 4.57 Å². The fourth-order valence-corrected chi connectivity index (χ4v) is 2.05. The number of aromatic nitrogens is 1. The molecule has 0 atom stereocenters. The summed E-state index contributed by atoms with van der Waals surface area (Å²) in [5, 5.41) is 8.93. The Balaban J connectivity index is 2.72. The summed E-state index contributed by atoms with van der Waals surface area (Å²) in [4.78, 5) is 11.6. The standard InChI is InChI=1S/C15H14N2O/c1-10-4-5-14(11(2)6-10)17-9-13(8-16)15(18)7-12(17)3/h4-7,9H,1-3H3. The van der Waals surface area contributed by atoms with Gasteiger partial charge < -0.3 is 4.57 Å². The summed E-state index contributed by atoms with van der Waals surface area (Å²) in [7, 11) is 0. The molecule has 18 heavy (non-hydrogen) atoms. The van der Waals surface area contributed by atoms with Crippen LogP contribution >= 0.6 is 0 Å². The Kier molecular flexibility index (Phi) is 3.03. The highest BCUT2D eigenvalue weighted by Crippen LogP contribution is 2.17. The maximum atomic E-state index is 11.6. The first kappa shape index (κ1) is 12.1. The van der Waals surface area contributed by atoms with Crippen LogP contribution in [0.15, 0.2) is 35.3 Å². The predicted octanol–water partition coefficient (Wildman–Crippen LogP) is 2.63. The van der Waals surface area contributed by atoms with E-state index in [1.807, 2.05) is 43.5 Å². The van der Waals surface area contributed by atoms with E-state index in [0.29, 0.717) is 0 Å². The predicted molar refractivity (Wildman–Crippen MR) is 71.0 cm³/mol. The van der Waals surface area contributed by atoms with Crippen LogP contribution in [-0.2, 0) is 0 Å². The first-order chi connectivity index (χ1) is 8.52. The Hall–Kier alpha value is -2.34. The number of benzene rings is 1.